The van der Waals surface area contributed by atoms with Gasteiger partial charge in [-0.15, -0.1) is 0 Å². The second kappa shape index (κ2) is 14.8. The van der Waals surface area contributed by atoms with Gasteiger partial charge in [0.05, 0.1) is 13.2 Å². The third kappa shape index (κ3) is 7.90. The van der Waals surface area contributed by atoms with Crippen LogP contribution in [0.2, 0.25) is 0 Å². The van der Waals surface area contributed by atoms with Gasteiger partial charge < -0.3 is 35.4 Å². The molecule has 3 aromatic rings. The van der Waals surface area contributed by atoms with Crippen molar-refractivity contribution in [3.05, 3.63) is 54.1 Å². The third-order valence-corrected chi connectivity index (χ3v) is 8.65. The zero-order chi connectivity index (χ0) is 31.9. The minimum absolute atomic E-state index is 0.0188. The molecule has 6 rings (SSSR count). The molecule has 0 radical (unpaired) electrons. The van der Waals surface area contributed by atoms with E-state index in [2.05, 4.69) is 44.5 Å². The van der Waals surface area contributed by atoms with E-state index in [4.69, 9.17) is 19.7 Å². The lowest BCUT2D eigenvalue weighted by Crippen LogP contribution is -2.50. The van der Waals surface area contributed by atoms with Crippen molar-refractivity contribution in [3.63, 3.8) is 0 Å². The summed E-state index contributed by atoms with van der Waals surface area (Å²) in [7, 11) is 0. The van der Waals surface area contributed by atoms with Crippen LogP contribution in [0.25, 0.3) is 11.4 Å². The number of hydrogen-bond acceptors (Lipinski definition) is 10. The van der Waals surface area contributed by atoms with E-state index in [-0.39, 0.29) is 11.9 Å². The molecule has 0 unspecified atom stereocenters. The van der Waals surface area contributed by atoms with Crippen LogP contribution in [0.15, 0.2) is 48.5 Å². The van der Waals surface area contributed by atoms with Crippen LogP contribution in [0.4, 0.5) is 28.1 Å². The van der Waals surface area contributed by atoms with Gasteiger partial charge in [-0.25, -0.2) is 4.79 Å². The average molecular weight is 629 g/mol. The number of morpholine rings is 1. The van der Waals surface area contributed by atoms with Gasteiger partial charge in [0.1, 0.15) is 0 Å². The van der Waals surface area contributed by atoms with Crippen LogP contribution in [0.1, 0.15) is 30.6 Å². The van der Waals surface area contributed by atoms with Gasteiger partial charge in [0.15, 0.2) is 5.82 Å². The molecule has 0 atom stereocenters. The summed E-state index contributed by atoms with van der Waals surface area (Å²) in [6, 6.07) is 14.6. The average Bonchev–Trinajstić information content (AvgIpc) is 3.39. The Balaban J connectivity index is 1.08. The number of amides is 3. The standard InChI is InChI=1S/C33H44N10O3/c1-24(2)40-16-18-41(19-17-40)30(44)26-6-10-28(11-7-26)36-33(45)35-27-8-4-25(5-9-27)29-37-31(42-14-3-12-34-13-15-42)39-32(38-29)43-20-22-46-23-21-43/h4-11,24,34H,3,12-23H2,1-2H3,(H2,35,36,45). The monoisotopic (exact) mass is 628 g/mol. The number of rotatable bonds is 7. The fraction of sp³-hybridized carbons (Fsp3) is 0.485. The molecule has 0 saturated carbocycles. The van der Waals surface area contributed by atoms with Crippen LogP contribution < -0.4 is 25.8 Å². The maximum absolute atomic E-state index is 13.0. The molecule has 3 saturated heterocycles. The topological polar surface area (TPSA) is 131 Å². The summed E-state index contributed by atoms with van der Waals surface area (Å²) in [4.78, 5) is 48.9. The molecule has 4 heterocycles. The van der Waals surface area contributed by atoms with Crippen LogP contribution >= 0.6 is 0 Å². The van der Waals surface area contributed by atoms with E-state index in [1.165, 1.54) is 0 Å². The molecule has 244 valence electrons. The van der Waals surface area contributed by atoms with Crippen LogP contribution in [-0.4, -0.2) is 121 Å². The molecule has 13 nitrogen and oxygen atoms in total. The van der Waals surface area contributed by atoms with Crippen molar-refractivity contribution in [1.82, 2.24) is 30.1 Å². The number of carbonyl (C=O) groups is 2. The molecule has 3 aliphatic heterocycles. The van der Waals surface area contributed by atoms with Crippen molar-refractivity contribution in [1.29, 1.82) is 0 Å². The van der Waals surface area contributed by atoms with Crippen LogP contribution in [-0.2, 0) is 4.74 Å². The van der Waals surface area contributed by atoms with Crippen LogP contribution in [0.5, 0.6) is 0 Å². The Hall–Kier alpha value is -4.33. The molecule has 46 heavy (non-hydrogen) atoms. The first-order valence-electron chi connectivity index (χ1n) is 16.3. The Bertz CT molecular complexity index is 1460. The minimum Gasteiger partial charge on any atom is -0.378 e. The number of carbonyl (C=O) groups excluding carboxylic acids is 2. The first-order valence-corrected chi connectivity index (χ1v) is 16.3. The molecular formula is C33H44N10O3. The Morgan fingerprint density at radius 3 is 1.98 bits per heavy atom. The van der Waals surface area contributed by atoms with Crippen molar-refractivity contribution < 1.29 is 14.3 Å². The van der Waals surface area contributed by atoms with Crippen LogP contribution in [0, 0.1) is 0 Å². The van der Waals surface area contributed by atoms with Crippen molar-refractivity contribution in [2.45, 2.75) is 26.3 Å². The third-order valence-electron chi connectivity index (χ3n) is 8.65. The van der Waals surface area contributed by atoms with Crippen molar-refractivity contribution in [3.8, 4) is 11.4 Å². The van der Waals surface area contributed by atoms with Gasteiger partial charge in [-0.3, -0.25) is 9.69 Å². The fourth-order valence-electron chi connectivity index (χ4n) is 5.89. The smallest absolute Gasteiger partial charge is 0.323 e. The first-order chi connectivity index (χ1) is 22.4. The Morgan fingerprint density at radius 1 is 0.739 bits per heavy atom. The van der Waals surface area contributed by atoms with E-state index in [1.807, 2.05) is 29.2 Å². The highest BCUT2D eigenvalue weighted by molar-refractivity contribution is 6.00. The van der Waals surface area contributed by atoms with E-state index >= 15 is 0 Å². The Kier molecular flexibility index (Phi) is 10.2. The van der Waals surface area contributed by atoms with Gasteiger partial charge in [-0.05, 0) is 75.3 Å². The van der Waals surface area contributed by atoms with Gasteiger partial charge in [0, 0.05) is 87.4 Å². The summed E-state index contributed by atoms with van der Waals surface area (Å²) in [6.07, 6.45) is 1.02. The minimum atomic E-state index is -0.372. The first kappa shape index (κ1) is 31.6. The number of piperazine rings is 1. The second-order valence-corrected chi connectivity index (χ2v) is 12.1. The number of nitrogens with one attached hydrogen (secondary N) is 3. The lowest BCUT2D eigenvalue weighted by Gasteiger charge is -2.37. The maximum atomic E-state index is 13.0. The number of benzene rings is 2. The number of nitrogens with zero attached hydrogens (tertiary/aromatic N) is 7. The van der Waals surface area contributed by atoms with Crippen LogP contribution in [0.3, 0.4) is 0 Å². The molecule has 13 heteroatoms. The summed E-state index contributed by atoms with van der Waals surface area (Å²) in [6.45, 7) is 13.9. The predicted octanol–water partition coefficient (Wildman–Crippen LogP) is 2.99. The highest BCUT2D eigenvalue weighted by atomic mass is 16.5. The van der Waals surface area contributed by atoms with Crippen molar-refractivity contribution in [2.75, 3.05) is 99.1 Å². The number of urea groups is 1. The SMILES string of the molecule is CC(C)N1CCN(C(=O)c2ccc(NC(=O)Nc3ccc(-c4nc(N5CCCNCC5)nc(N5CCOCC5)n4)cc3)cc2)CC1. The maximum Gasteiger partial charge on any atom is 0.323 e. The Labute approximate surface area is 270 Å². The Morgan fingerprint density at radius 2 is 1.35 bits per heavy atom. The molecular weight excluding hydrogens is 584 g/mol. The van der Waals surface area contributed by atoms with Crippen molar-refractivity contribution in [2.24, 2.45) is 0 Å². The summed E-state index contributed by atoms with van der Waals surface area (Å²) >= 11 is 0. The van der Waals surface area contributed by atoms with Gasteiger partial charge >= 0.3 is 6.03 Å². The summed E-state index contributed by atoms with van der Waals surface area (Å²) in [5.41, 5.74) is 2.69. The largest absolute Gasteiger partial charge is 0.378 e. The molecule has 2 aromatic carbocycles. The molecule has 0 spiro atoms. The normalized spacial score (nSPS) is 17.9. The lowest BCUT2D eigenvalue weighted by molar-refractivity contribution is 0.0595. The van der Waals surface area contributed by atoms with E-state index in [9.17, 15) is 9.59 Å². The molecule has 0 aliphatic carbocycles. The molecule has 3 aliphatic rings. The molecule has 1 aromatic heterocycles. The second-order valence-electron chi connectivity index (χ2n) is 12.1. The summed E-state index contributed by atoms with van der Waals surface area (Å²) in [5, 5.41) is 9.17. The van der Waals surface area contributed by atoms with Gasteiger partial charge in [-0.1, -0.05) is 0 Å². The van der Waals surface area contributed by atoms with E-state index in [1.54, 1.807) is 24.3 Å². The zero-order valence-electron chi connectivity index (χ0n) is 26.7. The molecule has 0 bridgehead atoms. The highest BCUT2D eigenvalue weighted by Crippen LogP contribution is 2.24. The van der Waals surface area contributed by atoms with Crippen molar-refractivity contribution >= 4 is 35.2 Å². The molecule has 3 fully saturated rings. The van der Waals surface area contributed by atoms with E-state index in [0.29, 0.717) is 53.9 Å². The predicted molar refractivity (Wildman–Crippen MR) is 180 cm³/mol. The summed E-state index contributed by atoms with van der Waals surface area (Å²) in [5.74, 6) is 1.95. The molecule has 3 amide bonds. The number of anilines is 4. The van der Waals surface area contributed by atoms with Gasteiger partial charge in [-0.2, -0.15) is 15.0 Å². The van der Waals surface area contributed by atoms with E-state index in [0.717, 1.165) is 77.4 Å². The number of aromatic nitrogens is 3. The van der Waals surface area contributed by atoms with Gasteiger partial charge in [0.2, 0.25) is 11.9 Å². The zero-order valence-corrected chi connectivity index (χ0v) is 26.7. The fourth-order valence-corrected chi connectivity index (χ4v) is 5.89. The van der Waals surface area contributed by atoms with Gasteiger partial charge in [0.25, 0.3) is 5.91 Å². The summed E-state index contributed by atoms with van der Waals surface area (Å²) < 4.78 is 5.54. The lowest BCUT2D eigenvalue weighted by atomic mass is 10.1. The number of hydrogen-bond donors (Lipinski definition) is 3. The number of ether oxygens (including phenoxy) is 1. The molecule has 3 N–H and O–H groups in total. The van der Waals surface area contributed by atoms with E-state index < -0.39 is 0 Å². The quantitative estimate of drug-likeness (QED) is 0.359. The highest BCUT2D eigenvalue weighted by Gasteiger charge is 2.24.